The number of rotatable bonds is 3. The molecule has 1 aliphatic carbocycles. The molecule has 1 aromatic heterocycles. The summed E-state index contributed by atoms with van der Waals surface area (Å²) in [6, 6.07) is 13.4. The highest BCUT2D eigenvalue weighted by molar-refractivity contribution is 5.86. The van der Waals surface area contributed by atoms with Crippen LogP contribution in [0, 0.1) is 17.0 Å². The molecule has 0 radical (unpaired) electrons. The van der Waals surface area contributed by atoms with E-state index >= 15 is 0 Å². The van der Waals surface area contributed by atoms with Gasteiger partial charge < -0.3 is 10.3 Å². The Balaban J connectivity index is 1.70. The molecule has 0 amide bonds. The number of nitrogens with one attached hydrogen (secondary N) is 2. The number of nitrogens with zero attached hydrogens (tertiary/aromatic N) is 1. The Kier molecular flexibility index (Phi) is 3.49. The molecule has 3 aromatic rings. The first-order valence-corrected chi connectivity index (χ1v) is 8.24. The third-order valence-electron chi connectivity index (χ3n) is 4.76. The molecule has 0 bridgehead atoms. The van der Waals surface area contributed by atoms with E-state index in [1.165, 1.54) is 33.8 Å². The van der Waals surface area contributed by atoms with E-state index in [0.29, 0.717) is 0 Å². The van der Waals surface area contributed by atoms with E-state index in [9.17, 15) is 10.1 Å². The largest absolute Gasteiger partial charge is 0.377 e. The van der Waals surface area contributed by atoms with E-state index in [-0.39, 0.29) is 16.7 Å². The molecule has 1 aliphatic rings. The van der Waals surface area contributed by atoms with Crippen molar-refractivity contribution in [3.05, 3.63) is 69.4 Å². The average Bonchev–Trinajstić information content (AvgIpc) is 2.94. The van der Waals surface area contributed by atoms with E-state index in [1.54, 1.807) is 12.1 Å². The Labute approximate surface area is 139 Å². The number of aryl methyl sites for hydroxylation is 2. The van der Waals surface area contributed by atoms with Crippen LogP contribution in [0.5, 0.6) is 0 Å². The normalized spacial score (nSPS) is 16.8. The molecule has 1 atom stereocenters. The molecule has 0 spiro atoms. The minimum atomic E-state index is -0.358. The minimum Gasteiger partial charge on any atom is -0.377 e. The van der Waals surface area contributed by atoms with Crippen LogP contribution in [0.2, 0.25) is 0 Å². The van der Waals surface area contributed by atoms with Crippen molar-refractivity contribution in [3.8, 4) is 0 Å². The molecule has 1 unspecified atom stereocenters. The highest BCUT2D eigenvalue weighted by atomic mass is 16.6. The van der Waals surface area contributed by atoms with Crippen LogP contribution < -0.4 is 5.32 Å². The SMILES string of the molecule is Cc1ccc2[nH]c3c(c2c1)CCCC3Nc1cccc([N+](=O)[O-])c1. The first-order chi connectivity index (χ1) is 11.6. The molecule has 24 heavy (non-hydrogen) atoms. The van der Waals surface area contributed by atoms with Crippen molar-refractivity contribution in [2.45, 2.75) is 32.2 Å². The van der Waals surface area contributed by atoms with Crippen LogP contribution in [0.1, 0.15) is 35.7 Å². The molecule has 0 saturated carbocycles. The quantitative estimate of drug-likeness (QED) is 0.534. The topological polar surface area (TPSA) is 71.0 Å². The molecule has 2 aromatic carbocycles. The van der Waals surface area contributed by atoms with Gasteiger partial charge in [0.1, 0.15) is 0 Å². The van der Waals surface area contributed by atoms with E-state index in [1.807, 2.05) is 6.07 Å². The molecule has 1 heterocycles. The summed E-state index contributed by atoms with van der Waals surface area (Å²) in [6.45, 7) is 2.11. The second-order valence-electron chi connectivity index (χ2n) is 6.46. The van der Waals surface area contributed by atoms with Gasteiger partial charge in [0.2, 0.25) is 0 Å². The number of non-ortho nitro benzene ring substituents is 1. The third kappa shape index (κ3) is 2.52. The summed E-state index contributed by atoms with van der Waals surface area (Å²) >= 11 is 0. The lowest BCUT2D eigenvalue weighted by Gasteiger charge is -2.24. The number of aromatic nitrogens is 1. The van der Waals surface area contributed by atoms with Crippen LogP contribution in [0.3, 0.4) is 0 Å². The van der Waals surface area contributed by atoms with Gasteiger partial charge in [0.15, 0.2) is 0 Å². The lowest BCUT2D eigenvalue weighted by atomic mass is 9.91. The molecule has 0 aliphatic heterocycles. The van der Waals surface area contributed by atoms with Crippen molar-refractivity contribution in [1.82, 2.24) is 4.98 Å². The third-order valence-corrected chi connectivity index (χ3v) is 4.76. The number of nitro benzene ring substituents is 1. The zero-order chi connectivity index (χ0) is 16.7. The number of nitro groups is 1. The summed E-state index contributed by atoms with van der Waals surface area (Å²) in [5.74, 6) is 0. The van der Waals surface area contributed by atoms with Crippen LogP contribution >= 0.6 is 0 Å². The maximum Gasteiger partial charge on any atom is 0.271 e. The molecule has 122 valence electrons. The van der Waals surface area contributed by atoms with E-state index in [4.69, 9.17) is 0 Å². The zero-order valence-corrected chi connectivity index (χ0v) is 13.5. The van der Waals surface area contributed by atoms with Crippen LogP contribution in [0.15, 0.2) is 42.5 Å². The summed E-state index contributed by atoms with van der Waals surface area (Å²) in [4.78, 5) is 14.2. The van der Waals surface area contributed by atoms with Gasteiger partial charge in [-0.2, -0.15) is 0 Å². The predicted molar refractivity (Wildman–Crippen MR) is 95.4 cm³/mol. The van der Waals surface area contributed by atoms with Gasteiger partial charge in [-0.1, -0.05) is 17.7 Å². The second kappa shape index (κ2) is 5.67. The first kappa shape index (κ1) is 14.8. The van der Waals surface area contributed by atoms with Gasteiger partial charge in [-0.3, -0.25) is 10.1 Å². The fourth-order valence-electron chi connectivity index (χ4n) is 3.63. The summed E-state index contributed by atoms with van der Waals surface area (Å²) in [6.07, 6.45) is 3.20. The van der Waals surface area contributed by atoms with Gasteiger partial charge in [-0.25, -0.2) is 0 Å². The lowest BCUT2D eigenvalue weighted by molar-refractivity contribution is -0.384. The molecule has 4 rings (SSSR count). The molecule has 0 saturated heterocycles. The Hall–Kier alpha value is -2.82. The van der Waals surface area contributed by atoms with Crippen molar-refractivity contribution in [3.63, 3.8) is 0 Å². The Morgan fingerprint density at radius 1 is 1.25 bits per heavy atom. The van der Waals surface area contributed by atoms with E-state index < -0.39 is 0 Å². The number of benzene rings is 2. The van der Waals surface area contributed by atoms with Gasteiger partial charge in [-0.05, 0) is 49.9 Å². The molecule has 0 fully saturated rings. The zero-order valence-electron chi connectivity index (χ0n) is 13.5. The van der Waals surface area contributed by atoms with Gasteiger partial charge >= 0.3 is 0 Å². The molecular weight excluding hydrogens is 302 g/mol. The fourth-order valence-corrected chi connectivity index (χ4v) is 3.63. The number of H-pyrrole nitrogens is 1. The molecule has 5 heteroatoms. The number of hydrogen-bond donors (Lipinski definition) is 2. The van der Waals surface area contributed by atoms with Gasteiger partial charge in [0.05, 0.1) is 11.0 Å². The number of aromatic amines is 1. The fraction of sp³-hybridized carbons (Fsp3) is 0.263. The van der Waals surface area contributed by atoms with E-state index in [2.05, 4.69) is 35.4 Å². The summed E-state index contributed by atoms with van der Waals surface area (Å²) in [7, 11) is 0. The molecule has 5 nitrogen and oxygen atoms in total. The highest BCUT2D eigenvalue weighted by Gasteiger charge is 2.24. The van der Waals surface area contributed by atoms with Crippen LogP contribution in [-0.2, 0) is 6.42 Å². The van der Waals surface area contributed by atoms with Crippen molar-refractivity contribution < 1.29 is 4.92 Å². The maximum atomic E-state index is 11.0. The minimum absolute atomic E-state index is 0.114. The predicted octanol–water partition coefficient (Wildman–Crippen LogP) is 4.87. The van der Waals surface area contributed by atoms with Gasteiger partial charge in [0.25, 0.3) is 5.69 Å². The summed E-state index contributed by atoms with van der Waals surface area (Å²) < 4.78 is 0. The van der Waals surface area contributed by atoms with Crippen molar-refractivity contribution in [1.29, 1.82) is 0 Å². The van der Waals surface area contributed by atoms with Gasteiger partial charge in [-0.15, -0.1) is 0 Å². The molecular formula is C19H19N3O2. The van der Waals surface area contributed by atoms with Crippen LogP contribution in [0.4, 0.5) is 11.4 Å². The summed E-state index contributed by atoms with van der Waals surface area (Å²) in [5.41, 5.74) is 5.92. The second-order valence-corrected chi connectivity index (χ2v) is 6.46. The lowest BCUT2D eigenvalue weighted by Crippen LogP contribution is -2.17. The highest BCUT2D eigenvalue weighted by Crippen LogP contribution is 2.37. The Bertz CT molecular complexity index is 930. The Morgan fingerprint density at radius 2 is 2.12 bits per heavy atom. The molecule has 2 N–H and O–H groups in total. The standard InChI is InChI=1S/C19H19N3O2/c1-12-8-9-17-16(10-12)15-6-3-7-18(19(15)21-17)20-13-4-2-5-14(11-13)22(23)24/h2,4-5,8-11,18,20-21H,3,6-7H2,1H3. The smallest absolute Gasteiger partial charge is 0.271 e. The van der Waals surface area contributed by atoms with Crippen molar-refractivity contribution in [2.24, 2.45) is 0 Å². The summed E-state index contributed by atoms with van der Waals surface area (Å²) in [5, 5.41) is 15.7. The first-order valence-electron chi connectivity index (χ1n) is 8.24. The Morgan fingerprint density at radius 3 is 2.96 bits per heavy atom. The van der Waals surface area contributed by atoms with Crippen LogP contribution in [0.25, 0.3) is 10.9 Å². The monoisotopic (exact) mass is 321 g/mol. The van der Waals surface area contributed by atoms with Gasteiger partial charge in [0, 0.05) is 34.4 Å². The van der Waals surface area contributed by atoms with E-state index in [0.717, 1.165) is 24.9 Å². The maximum absolute atomic E-state index is 11.0. The number of anilines is 1. The average molecular weight is 321 g/mol. The van der Waals surface area contributed by atoms with Crippen molar-refractivity contribution >= 4 is 22.3 Å². The van der Waals surface area contributed by atoms with Crippen molar-refractivity contribution in [2.75, 3.05) is 5.32 Å². The van der Waals surface area contributed by atoms with Crippen LogP contribution in [-0.4, -0.2) is 9.91 Å². The number of hydrogen-bond acceptors (Lipinski definition) is 3. The number of fused-ring (bicyclic) bond motifs is 3.